The summed E-state index contributed by atoms with van der Waals surface area (Å²) in [7, 11) is 1.43. The van der Waals surface area contributed by atoms with Crippen molar-refractivity contribution in [2.45, 2.75) is 38.8 Å². The van der Waals surface area contributed by atoms with Gasteiger partial charge in [0.1, 0.15) is 17.5 Å². The Morgan fingerprint density at radius 2 is 1.96 bits per heavy atom. The molecule has 0 aromatic heterocycles. The molecule has 7 nitrogen and oxygen atoms in total. The molecule has 0 aliphatic rings. The van der Waals surface area contributed by atoms with Gasteiger partial charge in [-0.3, -0.25) is 4.79 Å². The number of carbonyl (C=O) groups is 2. The van der Waals surface area contributed by atoms with Crippen LogP contribution in [0.5, 0.6) is 11.5 Å². The number of benzene rings is 1. The smallest absolute Gasteiger partial charge is 0.326 e. The Morgan fingerprint density at radius 3 is 2.48 bits per heavy atom. The van der Waals surface area contributed by atoms with Crippen LogP contribution in [-0.4, -0.2) is 47.4 Å². The van der Waals surface area contributed by atoms with E-state index in [-0.39, 0.29) is 24.3 Å². The zero-order valence-corrected chi connectivity index (χ0v) is 13.8. The predicted molar refractivity (Wildman–Crippen MR) is 83.9 cm³/mol. The van der Waals surface area contributed by atoms with Gasteiger partial charge in [-0.2, -0.15) is 0 Å². The van der Waals surface area contributed by atoms with Gasteiger partial charge in [0.15, 0.2) is 0 Å². The first-order valence-electron chi connectivity index (χ1n) is 7.18. The summed E-state index contributed by atoms with van der Waals surface area (Å²) in [6.07, 6.45) is 0.114. The average Bonchev–Trinajstić information content (AvgIpc) is 2.45. The number of phenols is 1. The molecule has 0 saturated carbocycles. The largest absolute Gasteiger partial charge is 0.507 e. The molecule has 1 aromatic carbocycles. The van der Waals surface area contributed by atoms with Crippen LogP contribution in [0.4, 0.5) is 0 Å². The van der Waals surface area contributed by atoms with Gasteiger partial charge in [-0.05, 0) is 39.0 Å². The van der Waals surface area contributed by atoms with E-state index in [1.165, 1.54) is 25.3 Å². The number of carboxylic acids is 1. The molecule has 1 amide bonds. The summed E-state index contributed by atoms with van der Waals surface area (Å²) >= 11 is 0. The summed E-state index contributed by atoms with van der Waals surface area (Å²) in [5.41, 5.74) is -0.440. The summed E-state index contributed by atoms with van der Waals surface area (Å²) in [6, 6.07) is 3.04. The fourth-order valence-electron chi connectivity index (χ4n) is 1.80. The molecule has 1 unspecified atom stereocenters. The number of phenolic OH excluding ortho intramolecular Hbond substituents is 1. The average molecular weight is 325 g/mol. The summed E-state index contributed by atoms with van der Waals surface area (Å²) in [4.78, 5) is 23.5. The van der Waals surface area contributed by atoms with Crippen LogP contribution in [0.25, 0.3) is 0 Å². The molecule has 0 heterocycles. The van der Waals surface area contributed by atoms with E-state index >= 15 is 0 Å². The van der Waals surface area contributed by atoms with Gasteiger partial charge in [0, 0.05) is 13.0 Å². The second-order valence-corrected chi connectivity index (χ2v) is 6.00. The number of rotatable bonds is 7. The second kappa shape index (κ2) is 7.82. The number of methoxy groups -OCH3 is 1. The van der Waals surface area contributed by atoms with Gasteiger partial charge in [0.25, 0.3) is 5.91 Å². The number of ether oxygens (including phenoxy) is 2. The third-order valence-corrected chi connectivity index (χ3v) is 2.99. The van der Waals surface area contributed by atoms with Gasteiger partial charge in [-0.15, -0.1) is 0 Å². The van der Waals surface area contributed by atoms with Gasteiger partial charge in [0.2, 0.25) is 0 Å². The zero-order valence-electron chi connectivity index (χ0n) is 13.8. The first-order chi connectivity index (χ1) is 10.6. The lowest BCUT2D eigenvalue weighted by atomic mass is 10.1. The van der Waals surface area contributed by atoms with Crippen LogP contribution in [-0.2, 0) is 9.53 Å². The van der Waals surface area contributed by atoms with E-state index in [9.17, 15) is 19.8 Å². The molecular formula is C16H23NO6. The number of carbonyl (C=O) groups excluding carboxylic acids is 1. The van der Waals surface area contributed by atoms with Gasteiger partial charge in [-0.1, -0.05) is 0 Å². The standard InChI is InChI=1S/C16H23NO6/c1-16(2,3)23-8-7-12(15(20)21)17-14(19)11-9-10(22-4)5-6-13(11)18/h5-6,9,12,18H,7-8H2,1-4H3,(H,17,19)(H,20,21). The topological polar surface area (TPSA) is 105 Å². The fraction of sp³-hybridized carbons (Fsp3) is 0.500. The van der Waals surface area contributed by atoms with Crippen LogP contribution in [0.3, 0.4) is 0 Å². The number of amides is 1. The first-order valence-corrected chi connectivity index (χ1v) is 7.18. The molecule has 0 aliphatic heterocycles. The molecule has 1 rings (SSSR count). The Morgan fingerprint density at radius 1 is 1.30 bits per heavy atom. The zero-order chi connectivity index (χ0) is 17.6. The van der Waals surface area contributed by atoms with E-state index in [1.807, 2.05) is 20.8 Å². The van der Waals surface area contributed by atoms with Gasteiger partial charge < -0.3 is 25.0 Å². The second-order valence-electron chi connectivity index (χ2n) is 6.00. The maximum absolute atomic E-state index is 12.2. The van der Waals surface area contributed by atoms with E-state index < -0.39 is 23.5 Å². The predicted octanol–water partition coefficient (Wildman–Crippen LogP) is 1.79. The SMILES string of the molecule is COc1ccc(O)c(C(=O)NC(CCOC(C)(C)C)C(=O)O)c1. The molecule has 0 spiro atoms. The molecule has 0 saturated heterocycles. The van der Waals surface area contributed by atoms with Gasteiger partial charge >= 0.3 is 5.97 Å². The Kier molecular flexibility index (Phi) is 6.38. The van der Waals surface area contributed by atoms with E-state index in [2.05, 4.69) is 5.32 Å². The van der Waals surface area contributed by atoms with E-state index in [0.29, 0.717) is 5.75 Å². The van der Waals surface area contributed by atoms with E-state index in [0.717, 1.165) is 0 Å². The maximum atomic E-state index is 12.2. The van der Waals surface area contributed by atoms with Gasteiger partial charge in [0.05, 0.1) is 18.3 Å². The summed E-state index contributed by atoms with van der Waals surface area (Å²) in [5, 5.41) is 21.3. The minimum absolute atomic E-state index is 0.0488. The molecule has 0 aliphatic carbocycles. The highest BCUT2D eigenvalue weighted by molar-refractivity contribution is 5.99. The van der Waals surface area contributed by atoms with Gasteiger partial charge in [-0.25, -0.2) is 4.79 Å². The molecule has 7 heteroatoms. The molecular weight excluding hydrogens is 302 g/mol. The highest BCUT2D eigenvalue weighted by Gasteiger charge is 2.23. The molecule has 23 heavy (non-hydrogen) atoms. The fourth-order valence-corrected chi connectivity index (χ4v) is 1.80. The van der Waals surface area contributed by atoms with Crippen LogP contribution in [0, 0.1) is 0 Å². The van der Waals surface area contributed by atoms with Crippen LogP contribution < -0.4 is 10.1 Å². The Bertz CT molecular complexity index is 564. The van der Waals surface area contributed by atoms with E-state index in [1.54, 1.807) is 0 Å². The van der Waals surface area contributed by atoms with Crippen molar-refractivity contribution in [3.63, 3.8) is 0 Å². The van der Waals surface area contributed by atoms with Crippen molar-refractivity contribution in [3.05, 3.63) is 23.8 Å². The van der Waals surface area contributed by atoms with Crippen molar-refractivity contribution in [1.82, 2.24) is 5.32 Å². The number of nitrogens with one attached hydrogen (secondary N) is 1. The van der Waals surface area contributed by atoms with E-state index in [4.69, 9.17) is 9.47 Å². The first kappa shape index (κ1) is 18.8. The summed E-state index contributed by atoms with van der Waals surface area (Å²) in [6.45, 7) is 5.76. The number of aliphatic carboxylic acids is 1. The lowest BCUT2D eigenvalue weighted by Crippen LogP contribution is -2.42. The third kappa shape index (κ3) is 6.15. The summed E-state index contributed by atoms with van der Waals surface area (Å²) < 4.78 is 10.5. The van der Waals surface area contributed by atoms with Crippen LogP contribution in [0.1, 0.15) is 37.6 Å². The molecule has 128 valence electrons. The number of hydrogen-bond donors (Lipinski definition) is 3. The number of aromatic hydroxyl groups is 1. The lowest BCUT2D eigenvalue weighted by Gasteiger charge is -2.21. The van der Waals surface area contributed by atoms with Crippen molar-refractivity contribution >= 4 is 11.9 Å². The van der Waals surface area contributed by atoms with Crippen molar-refractivity contribution in [2.75, 3.05) is 13.7 Å². The minimum atomic E-state index is -1.17. The highest BCUT2D eigenvalue weighted by atomic mass is 16.5. The normalized spacial score (nSPS) is 12.5. The molecule has 0 fully saturated rings. The minimum Gasteiger partial charge on any atom is -0.507 e. The van der Waals surface area contributed by atoms with Crippen molar-refractivity contribution < 1.29 is 29.3 Å². The maximum Gasteiger partial charge on any atom is 0.326 e. The van der Waals surface area contributed by atoms with Crippen molar-refractivity contribution in [1.29, 1.82) is 0 Å². The quantitative estimate of drug-likeness (QED) is 0.706. The van der Waals surface area contributed by atoms with Crippen LogP contribution in [0.15, 0.2) is 18.2 Å². The van der Waals surface area contributed by atoms with Crippen LogP contribution in [0.2, 0.25) is 0 Å². The Balaban J connectivity index is 2.76. The third-order valence-electron chi connectivity index (χ3n) is 2.99. The molecule has 1 atom stereocenters. The lowest BCUT2D eigenvalue weighted by molar-refractivity contribution is -0.140. The molecule has 0 bridgehead atoms. The van der Waals surface area contributed by atoms with Crippen molar-refractivity contribution in [3.8, 4) is 11.5 Å². The number of carboxylic acid groups (broad SMARTS) is 1. The van der Waals surface area contributed by atoms with Crippen LogP contribution >= 0.6 is 0 Å². The molecule has 1 aromatic rings. The molecule has 0 radical (unpaired) electrons. The Labute approximate surface area is 135 Å². The monoisotopic (exact) mass is 325 g/mol. The summed E-state index contributed by atoms with van der Waals surface area (Å²) in [5.74, 6) is -1.72. The highest BCUT2D eigenvalue weighted by Crippen LogP contribution is 2.22. The van der Waals surface area contributed by atoms with Crippen molar-refractivity contribution in [2.24, 2.45) is 0 Å². The Hall–Kier alpha value is -2.28. The number of hydrogen-bond acceptors (Lipinski definition) is 5. The molecule has 3 N–H and O–H groups in total.